The maximum absolute atomic E-state index is 5.71. The van der Waals surface area contributed by atoms with Crippen LogP contribution in [0.5, 0.6) is 0 Å². The molecule has 0 radical (unpaired) electrons. The number of hydrogen-bond acceptors (Lipinski definition) is 1. The minimum Gasteiger partial charge on any atom is -0.192 e. The highest BCUT2D eigenvalue weighted by Crippen LogP contribution is 2.27. The largest absolute Gasteiger partial charge is 0.192 e. The molecule has 0 bridgehead atoms. The van der Waals surface area contributed by atoms with Crippen LogP contribution >= 0.6 is 35.2 Å². The van der Waals surface area contributed by atoms with Gasteiger partial charge in [0.1, 0.15) is 0 Å². The molecule has 1 rings (SSSR count). The van der Waals surface area contributed by atoms with Gasteiger partial charge in [-0.25, -0.2) is 0 Å². The van der Waals surface area contributed by atoms with Gasteiger partial charge in [0.25, 0.3) is 0 Å². The molecule has 0 aliphatic rings. The third kappa shape index (κ3) is 1.69. The molecular formula is C6H4Cl3N. The first-order chi connectivity index (χ1) is 4.72. The Labute approximate surface area is 74.3 Å². The van der Waals surface area contributed by atoms with E-state index in [2.05, 4.69) is 0 Å². The number of hydrogen-bond donors (Lipinski definition) is 0. The first-order valence-electron chi connectivity index (χ1n) is 2.58. The predicted molar refractivity (Wildman–Crippen MR) is 45.6 cm³/mol. The van der Waals surface area contributed by atoms with Crippen LogP contribution in [0.25, 0.3) is 0 Å². The van der Waals surface area contributed by atoms with Crippen molar-refractivity contribution in [2.75, 3.05) is 3.94 Å². The van der Waals surface area contributed by atoms with Crippen molar-refractivity contribution in [2.45, 2.75) is 0 Å². The number of rotatable bonds is 1. The number of benzene rings is 1. The molecule has 0 amide bonds. The molecule has 0 heterocycles. The Balaban J connectivity index is 3.03. The average Bonchev–Trinajstić information content (AvgIpc) is 1.88. The minimum atomic E-state index is 0.535. The Morgan fingerprint density at radius 1 is 1.10 bits per heavy atom. The van der Waals surface area contributed by atoms with Crippen LogP contribution in [0.2, 0.25) is 5.02 Å². The first kappa shape index (κ1) is 7.99. The zero-order valence-corrected chi connectivity index (χ0v) is 7.16. The summed E-state index contributed by atoms with van der Waals surface area (Å²) in [5, 5.41) is 0.535. The van der Waals surface area contributed by atoms with Crippen LogP contribution in [0.4, 0.5) is 5.69 Å². The molecule has 10 heavy (non-hydrogen) atoms. The molecule has 1 aromatic carbocycles. The SMILES string of the molecule is Clc1ccccc1N(Cl)Cl. The van der Waals surface area contributed by atoms with E-state index in [1.54, 1.807) is 18.2 Å². The second-order valence-electron chi connectivity index (χ2n) is 1.68. The molecule has 0 atom stereocenters. The highest BCUT2D eigenvalue weighted by Gasteiger charge is 2.02. The van der Waals surface area contributed by atoms with Crippen molar-refractivity contribution in [2.24, 2.45) is 0 Å². The van der Waals surface area contributed by atoms with E-state index in [4.69, 9.17) is 35.2 Å². The normalized spacial score (nSPS) is 9.50. The Morgan fingerprint density at radius 3 is 2.10 bits per heavy atom. The molecule has 0 N–H and O–H groups in total. The summed E-state index contributed by atoms with van der Waals surface area (Å²) in [5.41, 5.74) is 0.590. The van der Waals surface area contributed by atoms with Crippen LogP contribution in [0.1, 0.15) is 0 Å². The van der Waals surface area contributed by atoms with E-state index in [9.17, 15) is 0 Å². The van der Waals surface area contributed by atoms with Crippen LogP contribution in [-0.4, -0.2) is 0 Å². The fraction of sp³-hybridized carbons (Fsp3) is 0. The molecule has 0 fully saturated rings. The molecule has 0 spiro atoms. The standard InChI is InChI=1S/C6H4Cl3N/c7-5-3-1-2-4-6(5)10(8)9/h1-4H. The van der Waals surface area contributed by atoms with Gasteiger partial charge in [0.2, 0.25) is 0 Å². The van der Waals surface area contributed by atoms with E-state index in [-0.39, 0.29) is 0 Å². The van der Waals surface area contributed by atoms with Gasteiger partial charge in [-0.1, -0.05) is 23.7 Å². The van der Waals surface area contributed by atoms with E-state index in [0.29, 0.717) is 10.7 Å². The first-order valence-corrected chi connectivity index (χ1v) is 3.63. The summed E-state index contributed by atoms with van der Waals surface area (Å²) >= 11 is 16.6. The molecule has 0 saturated carbocycles. The van der Waals surface area contributed by atoms with Crippen LogP contribution in [0.15, 0.2) is 24.3 Å². The molecule has 1 aromatic rings. The topological polar surface area (TPSA) is 3.24 Å². The van der Waals surface area contributed by atoms with Crippen LogP contribution < -0.4 is 3.94 Å². The molecule has 0 unspecified atom stereocenters. The Bertz CT molecular complexity index is 224. The van der Waals surface area contributed by atoms with Crippen molar-refractivity contribution in [1.82, 2.24) is 0 Å². The van der Waals surface area contributed by atoms with Crippen molar-refractivity contribution < 1.29 is 0 Å². The molecule has 1 nitrogen and oxygen atoms in total. The van der Waals surface area contributed by atoms with Crippen molar-refractivity contribution >= 4 is 40.8 Å². The zero-order valence-electron chi connectivity index (χ0n) is 4.89. The van der Waals surface area contributed by atoms with Gasteiger partial charge in [-0.3, -0.25) is 0 Å². The van der Waals surface area contributed by atoms with Gasteiger partial charge in [-0.2, -0.15) is 3.94 Å². The summed E-state index contributed by atoms with van der Waals surface area (Å²) in [5.74, 6) is 0. The average molecular weight is 196 g/mol. The maximum Gasteiger partial charge on any atom is 0.0895 e. The quantitative estimate of drug-likeness (QED) is 0.622. The zero-order chi connectivity index (χ0) is 7.56. The summed E-state index contributed by atoms with van der Waals surface area (Å²) in [6, 6.07) is 7.05. The van der Waals surface area contributed by atoms with Crippen molar-refractivity contribution in [1.29, 1.82) is 0 Å². The molecule has 54 valence electrons. The van der Waals surface area contributed by atoms with Gasteiger partial charge >= 0.3 is 0 Å². The molecule has 0 aliphatic heterocycles. The van der Waals surface area contributed by atoms with E-state index in [1.165, 1.54) is 0 Å². The monoisotopic (exact) mass is 195 g/mol. The van der Waals surface area contributed by atoms with E-state index in [1.807, 2.05) is 6.07 Å². The van der Waals surface area contributed by atoms with Crippen molar-refractivity contribution in [3.8, 4) is 0 Å². The van der Waals surface area contributed by atoms with E-state index in [0.717, 1.165) is 3.94 Å². The number of anilines is 1. The fourth-order valence-electron chi connectivity index (χ4n) is 0.589. The molecule has 0 saturated heterocycles. The molecule has 0 aliphatic carbocycles. The number of halogens is 3. The van der Waals surface area contributed by atoms with Crippen molar-refractivity contribution in [3.05, 3.63) is 29.3 Å². The predicted octanol–water partition coefficient (Wildman–Crippen LogP) is 3.45. The summed E-state index contributed by atoms with van der Waals surface area (Å²) in [7, 11) is 0. The highest BCUT2D eigenvalue weighted by molar-refractivity contribution is 6.51. The second kappa shape index (κ2) is 3.33. The lowest BCUT2D eigenvalue weighted by molar-refractivity contribution is 1.58. The summed E-state index contributed by atoms with van der Waals surface area (Å²) < 4.78 is 0.933. The summed E-state index contributed by atoms with van der Waals surface area (Å²) in [6.07, 6.45) is 0. The molecule has 4 heteroatoms. The second-order valence-corrected chi connectivity index (χ2v) is 2.94. The lowest BCUT2D eigenvalue weighted by Gasteiger charge is -2.05. The van der Waals surface area contributed by atoms with Gasteiger partial charge in [0.15, 0.2) is 0 Å². The number of nitrogens with zero attached hydrogens (tertiary/aromatic N) is 1. The van der Waals surface area contributed by atoms with Crippen LogP contribution in [0, 0.1) is 0 Å². The third-order valence-corrected chi connectivity index (χ3v) is 1.72. The highest BCUT2D eigenvalue weighted by atomic mass is 35.5. The lowest BCUT2D eigenvalue weighted by Crippen LogP contribution is -1.91. The van der Waals surface area contributed by atoms with Gasteiger partial charge in [-0.05, 0) is 12.1 Å². The number of para-hydroxylation sites is 1. The van der Waals surface area contributed by atoms with Gasteiger partial charge < -0.3 is 0 Å². The van der Waals surface area contributed by atoms with Gasteiger partial charge in [0.05, 0.1) is 10.7 Å². The van der Waals surface area contributed by atoms with Gasteiger partial charge in [-0.15, -0.1) is 0 Å². The van der Waals surface area contributed by atoms with Crippen molar-refractivity contribution in [3.63, 3.8) is 0 Å². The van der Waals surface area contributed by atoms with Crippen LogP contribution in [0.3, 0.4) is 0 Å². The van der Waals surface area contributed by atoms with Crippen LogP contribution in [-0.2, 0) is 0 Å². The maximum atomic E-state index is 5.71. The summed E-state index contributed by atoms with van der Waals surface area (Å²) in [4.78, 5) is 0. The van der Waals surface area contributed by atoms with E-state index < -0.39 is 0 Å². The fourth-order valence-corrected chi connectivity index (χ4v) is 1.19. The lowest BCUT2D eigenvalue weighted by atomic mass is 10.3. The Morgan fingerprint density at radius 2 is 1.70 bits per heavy atom. The van der Waals surface area contributed by atoms with E-state index >= 15 is 0 Å². The summed E-state index contributed by atoms with van der Waals surface area (Å²) in [6.45, 7) is 0. The minimum absolute atomic E-state index is 0.535. The third-order valence-electron chi connectivity index (χ3n) is 1.03. The van der Waals surface area contributed by atoms with Gasteiger partial charge in [0, 0.05) is 23.6 Å². The smallest absolute Gasteiger partial charge is 0.0895 e. The Hall–Kier alpha value is -0.110. The molecule has 0 aromatic heterocycles. The molecular weight excluding hydrogens is 192 g/mol. The Kier molecular flexibility index (Phi) is 2.66.